The molecule has 74 valence electrons. The fourth-order valence-electron chi connectivity index (χ4n) is 0. The second-order valence-corrected chi connectivity index (χ2v) is 0. The Bertz CT molecular complexity index is 112. The predicted octanol–water partition coefficient (Wildman–Crippen LogP) is 0.672. The molecule has 0 aliphatic carbocycles. The van der Waals surface area contributed by atoms with Gasteiger partial charge in [0.1, 0.15) is 0 Å². The Kier molecular flexibility index (Phi) is 807. The first kappa shape index (κ1) is 88.3. The fourth-order valence-corrected chi connectivity index (χ4v) is 0. The molecular weight excluding hydrogens is 278 g/mol. The van der Waals surface area contributed by atoms with Crippen LogP contribution >= 0.6 is 0 Å². The van der Waals surface area contributed by atoms with Gasteiger partial charge in [0.05, 0.1) is 0 Å². The maximum absolute atomic E-state index is 6.25. The van der Waals surface area contributed by atoms with Crippen LogP contribution in [-0.4, -0.2) is 0 Å². The Labute approximate surface area is 104 Å². The first-order valence-corrected chi connectivity index (χ1v) is 1.57. The van der Waals surface area contributed by atoms with E-state index in [-0.39, 0.29) is 21.1 Å². The minimum Gasteiger partial charge on any atom is -0.512 e. The Morgan fingerprint density at radius 1 is 0.267 bits per heavy atom. The zero-order chi connectivity index (χ0) is 14.0. The second-order valence-electron chi connectivity index (χ2n) is 0. The molecular formula is C7MoN7-5. The maximum Gasteiger partial charge on any atom is 2.00 e. The maximum atomic E-state index is 6.25. The van der Waals surface area contributed by atoms with Crippen LogP contribution in [0.5, 0.6) is 0 Å². The van der Waals surface area contributed by atoms with Gasteiger partial charge in [-0.1, -0.05) is 0 Å². The van der Waals surface area contributed by atoms with Crippen LogP contribution in [0.25, 0.3) is 0 Å². The van der Waals surface area contributed by atoms with E-state index in [1.165, 1.54) is 0 Å². The van der Waals surface area contributed by atoms with E-state index in [0.717, 1.165) is 0 Å². The summed E-state index contributed by atoms with van der Waals surface area (Å²) in [6.45, 7) is 33.2. The van der Waals surface area contributed by atoms with Crippen LogP contribution in [0.1, 0.15) is 0 Å². The summed E-state index contributed by atoms with van der Waals surface area (Å²) in [6, 6.07) is 0. The van der Waals surface area contributed by atoms with Gasteiger partial charge in [-0.15, -0.1) is 0 Å². The summed E-state index contributed by atoms with van der Waals surface area (Å²) in [6.07, 6.45) is 0. The number of hydrogen-bond acceptors (Lipinski definition) is 7. The van der Waals surface area contributed by atoms with Crippen molar-refractivity contribution < 1.29 is 21.1 Å². The molecule has 0 unspecified atom stereocenters. The van der Waals surface area contributed by atoms with Gasteiger partial charge in [-0.25, -0.2) is 0 Å². The molecule has 0 bridgehead atoms. The molecule has 8 heteroatoms. The van der Waals surface area contributed by atoms with Crippen molar-refractivity contribution in [3.63, 3.8) is 0 Å². The van der Waals surface area contributed by atoms with Crippen molar-refractivity contribution in [1.82, 2.24) is 0 Å². The van der Waals surface area contributed by atoms with Crippen LogP contribution in [0, 0.1) is 82.8 Å². The first-order chi connectivity index (χ1) is 7.00. The molecule has 0 atom stereocenters. The minimum absolute atomic E-state index is 0. The Morgan fingerprint density at radius 3 is 0.267 bits per heavy atom. The molecule has 0 aliphatic heterocycles. The van der Waals surface area contributed by atoms with Gasteiger partial charge in [0.25, 0.3) is 0 Å². The van der Waals surface area contributed by atoms with Gasteiger partial charge < -0.3 is 82.8 Å². The van der Waals surface area contributed by atoms with Crippen molar-refractivity contribution in [2.75, 3.05) is 0 Å². The average Bonchev–Trinajstić information content (AvgIpc) is 2.45. The fraction of sp³-hybridized carbons (Fsp3) is 0. The molecule has 0 fully saturated rings. The predicted molar refractivity (Wildman–Crippen MR) is 34.8 cm³/mol. The molecule has 15 heavy (non-hydrogen) atoms. The quantitative estimate of drug-likeness (QED) is 0.463. The van der Waals surface area contributed by atoms with Crippen molar-refractivity contribution in [3.8, 4) is 0 Å². The largest absolute Gasteiger partial charge is 2.00 e. The summed E-state index contributed by atoms with van der Waals surface area (Å²) in [5.74, 6) is 0. The molecule has 0 N–H and O–H groups in total. The van der Waals surface area contributed by atoms with Crippen LogP contribution in [-0.2, 0) is 21.1 Å². The summed E-state index contributed by atoms with van der Waals surface area (Å²) in [7, 11) is 0. The van der Waals surface area contributed by atoms with Crippen molar-refractivity contribution in [3.05, 3.63) is 46.0 Å². The molecule has 0 heterocycles. The van der Waals surface area contributed by atoms with Crippen LogP contribution < -0.4 is 0 Å². The van der Waals surface area contributed by atoms with Gasteiger partial charge >= 0.3 is 21.1 Å². The van der Waals surface area contributed by atoms with E-state index in [1.807, 2.05) is 0 Å². The van der Waals surface area contributed by atoms with Crippen LogP contribution in [0.4, 0.5) is 0 Å². The van der Waals surface area contributed by atoms with E-state index in [0.29, 0.717) is 0 Å². The molecule has 0 rings (SSSR count). The normalized spacial score (nSPS) is 0.933. The summed E-state index contributed by atoms with van der Waals surface area (Å²) >= 11 is 0. The monoisotopic (exact) mass is 280 g/mol. The summed E-state index contributed by atoms with van der Waals surface area (Å²) < 4.78 is 0. The third kappa shape index (κ3) is 111. The standard InChI is InChI=1S/7CN.Mo/c7*1-2;/q7*-1;+2. The Hall–Kier alpha value is -2.88. The SMILES string of the molecule is [C-]#N.[C-]#N.[C-]#N.[C-]#N.[C-]#N.[C-]#N.[C-]#N.[Mo+2]. The van der Waals surface area contributed by atoms with Crippen molar-refractivity contribution in [2.45, 2.75) is 0 Å². The van der Waals surface area contributed by atoms with E-state index >= 15 is 0 Å². The van der Waals surface area contributed by atoms with Crippen molar-refractivity contribution >= 4 is 0 Å². The molecule has 0 aromatic rings. The molecule has 0 amide bonds. The Balaban J connectivity index is -0.00000000628. The van der Waals surface area contributed by atoms with Crippen LogP contribution in [0.15, 0.2) is 0 Å². The molecule has 0 saturated heterocycles. The summed E-state index contributed by atoms with van der Waals surface area (Å²) in [5.41, 5.74) is 0. The van der Waals surface area contributed by atoms with Crippen LogP contribution in [0.2, 0.25) is 0 Å². The van der Waals surface area contributed by atoms with E-state index in [9.17, 15) is 0 Å². The molecule has 0 aromatic heterocycles. The van der Waals surface area contributed by atoms with Gasteiger partial charge in [-0.05, 0) is 0 Å². The van der Waals surface area contributed by atoms with Gasteiger partial charge in [0, 0.05) is 0 Å². The molecule has 0 radical (unpaired) electrons. The zero-order valence-corrected chi connectivity index (χ0v) is 9.05. The summed E-state index contributed by atoms with van der Waals surface area (Å²) in [4.78, 5) is 0. The van der Waals surface area contributed by atoms with Gasteiger partial charge in [0.2, 0.25) is 0 Å². The number of nitrogens with zero attached hydrogens (tertiary/aromatic N) is 7. The molecule has 7 nitrogen and oxygen atoms in total. The topological polar surface area (TPSA) is 167 Å². The third-order valence-electron chi connectivity index (χ3n) is 0. The van der Waals surface area contributed by atoms with Gasteiger partial charge in [0.15, 0.2) is 0 Å². The summed E-state index contributed by atoms with van der Waals surface area (Å²) in [5, 5.41) is 43.8. The van der Waals surface area contributed by atoms with Gasteiger partial charge in [-0.2, -0.15) is 0 Å². The molecule has 0 spiro atoms. The van der Waals surface area contributed by atoms with E-state index < -0.39 is 0 Å². The van der Waals surface area contributed by atoms with E-state index in [1.54, 1.807) is 0 Å². The van der Waals surface area contributed by atoms with Crippen molar-refractivity contribution in [1.29, 1.82) is 36.8 Å². The molecule has 0 saturated carbocycles. The Morgan fingerprint density at radius 2 is 0.267 bits per heavy atom. The number of rotatable bonds is 0. The minimum atomic E-state index is 0. The number of hydrogen-bond donors (Lipinski definition) is 0. The van der Waals surface area contributed by atoms with E-state index in [2.05, 4.69) is 0 Å². The van der Waals surface area contributed by atoms with Crippen molar-refractivity contribution in [2.24, 2.45) is 0 Å². The first-order valence-electron chi connectivity index (χ1n) is 1.57. The van der Waals surface area contributed by atoms with E-state index in [4.69, 9.17) is 82.8 Å². The zero-order valence-electron chi connectivity index (χ0n) is 7.04. The van der Waals surface area contributed by atoms with Crippen LogP contribution in [0.3, 0.4) is 0 Å². The third-order valence-corrected chi connectivity index (χ3v) is 0. The molecule has 0 aromatic carbocycles. The second kappa shape index (κ2) is 137. The van der Waals surface area contributed by atoms with Gasteiger partial charge in [-0.3, -0.25) is 0 Å². The molecule has 0 aliphatic rings. The average molecular weight is 278 g/mol. The smallest absolute Gasteiger partial charge is 0.512 e.